The minimum absolute atomic E-state index is 0.0692. The molecule has 0 saturated heterocycles. The number of rotatable bonds is 5. The van der Waals surface area contributed by atoms with E-state index in [4.69, 9.17) is 54.7 Å². The molecule has 1 aliphatic heterocycles. The molecular weight excluding hydrogens is 481 g/mol. The average molecular weight is 497 g/mol. The van der Waals surface area contributed by atoms with Gasteiger partial charge in [0.2, 0.25) is 12.6 Å². The monoisotopic (exact) mass is 495 g/mol. The minimum Gasteiger partial charge on any atom is -0.454 e. The first kappa shape index (κ1) is 22.3. The number of fused-ring (bicyclic) bond motifs is 1. The molecule has 0 saturated carbocycles. The van der Waals surface area contributed by atoms with Gasteiger partial charge in [-0.2, -0.15) is 0 Å². The average Bonchev–Trinajstić information content (AvgIpc) is 3.35. The Kier molecular flexibility index (Phi) is 5.94. The topological polar surface area (TPSA) is 106 Å². The molecule has 32 heavy (non-hydrogen) atoms. The molecule has 0 unspecified atom stereocenters. The van der Waals surface area contributed by atoms with E-state index in [0.29, 0.717) is 22.8 Å². The van der Waals surface area contributed by atoms with Gasteiger partial charge in [-0.05, 0) is 32.0 Å². The highest BCUT2D eigenvalue weighted by Gasteiger charge is 2.24. The van der Waals surface area contributed by atoms with E-state index in [2.05, 4.69) is 4.98 Å². The number of nitrogens with zero attached hydrogens (tertiary/aromatic N) is 2. The summed E-state index contributed by atoms with van der Waals surface area (Å²) in [5.41, 5.74) is 8.00. The van der Waals surface area contributed by atoms with Crippen LogP contribution in [0.4, 0.5) is 5.69 Å². The van der Waals surface area contributed by atoms with Gasteiger partial charge in [-0.3, -0.25) is 4.79 Å². The number of nitrogens with two attached hydrogens (primary N) is 1. The lowest BCUT2D eigenvalue weighted by molar-refractivity contribution is 0.0469. The van der Waals surface area contributed by atoms with Crippen molar-refractivity contribution < 1.29 is 23.8 Å². The first-order chi connectivity index (χ1) is 15.2. The van der Waals surface area contributed by atoms with E-state index < -0.39 is 18.4 Å². The number of anilines is 1. The fourth-order valence-corrected chi connectivity index (χ4v) is 4.00. The Morgan fingerprint density at radius 3 is 2.59 bits per heavy atom. The Morgan fingerprint density at radius 2 is 1.84 bits per heavy atom. The first-order valence-electron chi connectivity index (χ1n) is 9.28. The molecular formula is C21H16Cl3N3O5. The third-order valence-electron chi connectivity index (χ3n) is 4.95. The summed E-state index contributed by atoms with van der Waals surface area (Å²) >= 11 is 17.7. The molecule has 3 aromatic rings. The van der Waals surface area contributed by atoms with Crippen molar-refractivity contribution >= 4 is 52.2 Å². The lowest BCUT2D eigenvalue weighted by atomic mass is 10.1. The molecule has 166 valence electrons. The van der Waals surface area contributed by atoms with E-state index in [0.717, 1.165) is 11.4 Å². The van der Waals surface area contributed by atoms with E-state index in [1.165, 1.54) is 0 Å². The van der Waals surface area contributed by atoms with Gasteiger partial charge in [0.25, 0.3) is 0 Å². The second-order valence-electron chi connectivity index (χ2n) is 6.95. The Hall–Kier alpha value is -2.94. The summed E-state index contributed by atoms with van der Waals surface area (Å²) in [6.07, 6.45) is 0. The quantitative estimate of drug-likeness (QED) is 0.307. The molecule has 3 heterocycles. The zero-order chi connectivity index (χ0) is 23.2. The molecule has 0 radical (unpaired) electrons. The van der Waals surface area contributed by atoms with Gasteiger partial charge in [0.05, 0.1) is 10.7 Å². The van der Waals surface area contributed by atoms with Crippen LogP contribution in [0.25, 0.3) is 5.69 Å². The molecule has 0 spiro atoms. The smallest absolute Gasteiger partial charge is 0.359 e. The fraction of sp³-hybridized carbons (Fsp3) is 0.190. The number of carbonyl (C=O) groups is 2. The standard InChI is InChI=1S/C21H16Cl3N3O5/c1-9-5-12(10(2)27(9)11-3-4-14-15(6-11)32-8-31-14)13(28)7-30-21(29)19-16(22)18(25)17(23)20(24)26-19/h3-6H,7-8H2,1-2H3,(H2,25,26). The predicted octanol–water partition coefficient (Wildman–Crippen LogP) is 4.80. The third kappa shape index (κ3) is 3.85. The highest BCUT2D eigenvalue weighted by atomic mass is 35.5. The molecule has 0 amide bonds. The molecule has 11 heteroatoms. The Morgan fingerprint density at radius 1 is 1.12 bits per heavy atom. The minimum atomic E-state index is -0.946. The van der Waals surface area contributed by atoms with Gasteiger partial charge < -0.3 is 24.5 Å². The molecule has 0 fully saturated rings. The molecule has 1 aliphatic rings. The summed E-state index contributed by atoms with van der Waals surface area (Å²) in [7, 11) is 0. The number of aryl methyl sites for hydroxylation is 1. The number of ketones is 1. The van der Waals surface area contributed by atoms with Crippen molar-refractivity contribution in [2.75, 3.05) is 19.1 Å². The van der Waals surface area contributed by atoms with Crippen LogP contribution in [-0.2, 0) is 4.74 Å². The largest absolute Gasteiger partial charge is 0.454 e. The van der Waals surface area contributed by atoms with Gasteiger partial charge in [0.15, 0.2) is 29.0 Å². The molecule has 0 bridgehead atoms. The van der Waals surface area contributed by atoms with Crippen molar-refractivity contribution in [1.29, 1.82) is 0 Å². The van der Waals surface area contributed by atoms with Crippen LogP contribution in [0, 0.1) is 13.8 Å². The zero-order valence-electron chi connectivity index (χ0n) is 16.9. The Bertz CT molecular complexity index is 1270. The van der Waals surface area contributed by atoms with Crippen molar-refractivity contribution in [3.8, 4) is 17.2 Å². The van der Waals surface area contributed by atoms with E-state index >= 15 is 0 Å². The highest BCUT2D eigenvalue weighted by Crippen LogP contribution is 2.36. The molecule has 8 nitrogen and oxygen atoms in total. The summed E-state index contributed by atoms with van der Waals surface area (Å²) in [5.74, 6) is -0.0579. The van der Waals surface area contributed by atoms with E-state index in [1.807, 2.05) is 23.6 Å². The number of hydrogen-bond donors (Lipinski definition) is 1. The number of halogens is 3. The molecule has 1 aromatic carbocycles. The summed E-state index contributed by atoms with van der Waals surface area (Å²) in [6.45, 7) is 3.30. The number of carbonyl (C=O) groups excluding carboxylic acids is 2. The first-order valence-corrected chi connectivity index (χ1v) is 10.4. The molecule has 0 aliphatic carbocycles. The number of hydrogen-bond acceptors (Lipinski definition) is 7. The van der Waals surface area contributed by atoms with Crippen LogP contribution in [0.1, 0.15) is 32.2 Å². The maximum Gasteiger partial charge on any atom is 0.359 e. The van der Waals surface area contributed by atoms with Crippen molar-refractivity contribution in [2.45, 2.75) is 13.8 Å². The number of aromatic nitrogens is 2. The second kappa shape index (κ2) is 8.54. The summed E-state index contributed by atoms with van der Waals surface area (Å²) in [5, 5.41) is -0.461. The second-order valence-corrected chi connectivity index (χ2v) is 8.06. The van der Waals surface area contributed by atoms with Gasteiger partial charge >= 0.3 is 5.97 Å². The lowest BCUT2D eigenvalue weighted by Gasteiger charge is -2.11. The third-order valence-corrected chi connectivity index (χ3v) is 6.08. The number of esters is 1. The zero-order valence-corrected chi connectivity index (χ0v) is 19.1. The number of ether oxygens (including phenoxy) is 3. The van der Waals surface area contributed by atoms with Crippen LogP contribution in [0.5, 0.6) is 11.5 Å². The van der Waals surface area contributed by atoms with E-state index in [-0.39, 0.29) is 33.4 Å². The molecule has 0 atom stereocenters. The van der Waals surface area contributed by atoms with Gasteiger partial charge in [0.1, 0.15) is 5.02 Å². The SMILES string of the molecule is Cc1cc(C(=O)COC(=O)c2nc(Cl)c(Cl)c(N)c2Cl)c(C)n1-c1ccc2c(c1)OCO2. The summed E-state index contributed by atoms with van der Waals surface area (Å²) in [6, 6.07) is 7.22. The van der Waals surface area contributed by atoms with Crippen LogP contribution in [0.2, 0.25) is 15.2 Å². The number of pyridine rings is 1. The van der Waals surface area contributed by atoms with E-state index in [1.54, 1.807) is 19.1 Å². The Labute approximate surface area is 197 Å². The number of benzene rings is 1. The van der Waals surface area contributed by atoms with Crippen molar-refractivity contribution in [2.24, 2.45) is 0 Å². The van der Waals surface area contributed by atoms with Crippen LogP contribution >= 0.6 is 34.8 Å². The normalized spacial score (nSPS) is 12.2. The van der Waals surface area contributed by atoms with Crippen LogP contribution in [-0.4, -0.2) is 34.7 Å². The van der Waals surface area contributed by atoms with Gasteiger partial charge in [-0.1, -0.05) is 34.8 Å². The summed E-state index contributed by atoms with van der Waals surface area (Å²) < 4.78 is 17.8. The van der Waals surface area contributed by atoms with Crippen molar-refractivity contribution in [1.82, 2.24) is 9.55 Å². The predicted molar refractivity (Wildman–Crippen MR) is 120 cm³/mol. The maximum atomic E-state index is 12.8. The fourth-order valence-electron chi connectivity index (χ4n) is 3.41. The lowest BCUT2D eigenvalue weighted by Crippen LogP contribution is -2.17. The van der Waals surface area contributed by atoms with Gasteiger partial charge in [-0.25, -0.2) is 9.78 Å². The van der Waals surface area contributed by atoms with Crippen LogP contribution in [0.3, 0.4) is 0 Å². The molecule has 2 N–H and O–H groups in total. The highest BCUT2D eigenvalue weighted by molar-refractivity contribution is 6.46. The Balaban J connectivity index is 1.54. The van der Waals surface area contributed by atoms with Crippen molar-refractivity contribution in [3.63, 3.8) is 0 Å². The van der Waals surface area contributed by atoms with Crippen LogP contribution < -0.4 is 15.2 Å². The number of Topliss-reactive ketones (excluding diaryl/α,β-unsaturated/α-hetero) is 1. The number of nitrogen functional groups attached to an aromatic ring is 1. The van der Waals surface area contributed by atoms with Crippen molar-refractivity contribution in [3.05, 3.63) is 62.1 Å². The maximum absolute atomic E-state index is 12.8. The molecule has 4 rings (SSSR count). The van der Waals surface area contributed by atoms with Gasteiger partial charge in [0, 0.05) is 28.7 Å². The summed E-state index contributed by atoms with van der Waals surface area (Å²) in [4.78, 5) is 29.0. The van der Waals surface area contributed by atoms with E-state index in [9.17, 15) is 9.59 Å². The van der Waals surface area contributed by atoms with Crippen LogP contribution in [0.15, 0.2) is 24.3 Å². The van der Waals surface area contributed by atoms with Gasteiger partial charge in [-0.15, -0.1) is 0 Å². The molecule has 2 aromatic heterocycles.